The molecule has 0 fully saturated rings. The second-order valence-corrected chi connectivity index (χ2v) is 6.05. The number of tetrazole rings is 1. The van der Waals surface area contributed by atoms with Crippen LogP contribution in [-0.2, 0) is 0 Å². The molecule has 0 saturated carbocycles. The third kappa shape index (κ3) is 4.06. The van der Waals surface area contributed by atoms with Crippen molar-refractivity contribution in [2.45, 2.75) is 0 Å². The molecule has 29 heavy (non-hydrogen) atoms. The third-order valence-electron chi connectivity index (χ3n) is 4.13. The first-order chi connectivity index (χ1) is 14.1. The van der Waals surface area contributed by atoms with Crippen molar-refractivity contribution in [2.24, 2.45) is 0 Å². The number of ketones is 1. The lowest BCUT2D eigenvalue weighted by Gasteiger charge is -2.07. The average molecular weight is 388 g/mol. The maximum Gasteiger partial charge on any atom is 0.343 e. The van der Waals surface area contributed by atoms with Crippen molar-refractivity contribution in [1.29, 1.82) is 0 Å². The molecule has 8 heteroatoms. The van der Waals surface area contributed by atoms with Crippen LogP contribution in [0.25, 0.3) is 5.69 Å². The molecule has 0 spiro atoms. The van der Waals surface area contributed by atoms with E-state index in [1.807, 2.05) is 0 Å². The highest BCUT2D eigenvalue weighted by molar-refractivity contribution is 6.09. The first-order valence-corrected chi connectivity index (χ1v) is 8.56. The Hall–Kier alpha value is -4.20. The molecule has 0 atom stereocenters. The number of hydrogen-bond acceptors (Lipinski definition) is 6. The molecule has 4 aromatic rings. The summed E-state index contributed by atoms with van der Waals surface area (Å²) in [5, 5.41) is 10.9. The van der Waals surface area contributed by atoms with Gasteiger partial charge in [0.25, 0.3) is 0 Å². The van der Waals surface area contributed by atoms with Crippen LogP contribution >= 0.6 is 0 Å². The van der Waals surface area contributed by atoms with Gasteiger partial charge >= 0.3 is 5.97 Å². The average Bonchev–Trinajstić information content (AvgIpc) is 3.29. The topological polar surface area (TPSA) is 87.0 Å². The van der Waals surface area contributed by atoms with Crippen molar-refractivity contribution in [2.75, 3.05) is 0 Å². The molecule has 1 heterocycles. The van der Waals surface area contributed by atoms with Gasteiger partial charge in [-0.3, -0.25) is 4.79 Å². The Labute approximate surface area is 164 Å². The number of ether oxygens (including phenoxy) is 1. The molecule has 0 saturated heterocycles. The molecule has 0 N–H and O–H groups in total. The summed E-state index contributed by atoms with van der Waals surface area (Å²) in [6.07, 6.45) is 1.42. The number of carbonyl (C=O) groups is 2. The number of halogens is 1. The smallest absolute Gasteiger partial charge is 0.343 e. The Morgan fingerprint density at radius 2 is 1.55 bits per heavy atom. The Balaban J connectivity index is 1.47. The summed E-state index contributed by atoms with van der Waals surface area (Å²) in [4.78, 5) is 24.8. The molecule has 0 aliphatic heterocycles. The van der Waals surface area contributed by atoms with Gasteiger partial charge in [-0.2, -0.15) is 0 Å². The second kappa shape index (κ2) is 7.81. The normalized spacial score (nSPS) is 10.5. The van der Waals surface area contributed by atoms with E-state index in [0.717, 1.165) is 0 Å². The summed E-state index contributed by atoms with van der Waals surface area (Å²) < 4.78 is 19.8. The monoisotopic (exact) mass is 388 g/mol. The van der Waals surface area contributed by atoms with Crippen LogP contribution in [0.15, 0.2) is 79.1 Å². The van der Waals surface area contributed by atoms with Gasteiger partial charge in [0.1, 0.15) is 17.9 Å². The van der Waals surface area contributed by atoms with E-state index in [4.69, 9.17) is 4.74 Å². The summed E-state index contributed by atoms with van der Waals surface area (Å²) in [6.45, 7) is 0. The Kier molecular flexibility index (Phi) is 4.90. The third-order valence-corrected chi connectivity index (χ3v) is 4.13. The summed E-state index contributed by atoms with van der Waals surface area (Å²) in [6, 6.07) is 18.1. The highest BCUT2D eigenvalue weighted by Gasteiger charge is 2.12. The van der Waals surface area contributed by atoms with Crippen molar-refractivity contribution >= 4 is 11.8 Å². The van der Waals surface area contributed by atoms with Crippen molar-refractivity contribution in [3.63, 3.8) is 0 Å². The van der Waals surface area contributed by atoms with E-state index in [0.29, 0.717) is 28.1 Å². The summed E-state index contributed by atoms with van der Waals surface area (Å²) >= 11 is 0. The molecule has 0 aliphatic rings. The number of esters is 1. The molecule has 0 amide bonds. The number of carbonyl (C=O) groups excluding carboxylic acids is 2. The molecule has 1 aromatic heterocycles. The van der Waals surface area contributed by atoms with Gasteiger partial charge < -0.3 is 4.74 Å². The fraction of sp³-hybridized carbons (Fsp3) is 0. The first-order valence-electron chi connectivity index (χ1n) is 8.56. The van der Waals surface area contributed by atoms with Crippen LogP contribution in [0, 0.1) is 5.82 Å². The molecule has 4 rings (SSSR count). The minimum absolute atomic E-state index is 0.253. The molecular formula is C21H13FN4O3. The van der Waals surface area contributed by atoms with E-state index in [9.17, 15) is 14.0 Å². The van der Waals surface area contributed by atoms with Gasteiger partial charge in [0, 0.05) is 11.1 Å². The van der Waals surface area contributed by atoms with Gasteiger partial charge in [-0.25, -0.2) is 13.9 Å². The van der Waals surface area contributed by atoms with Gasteiger partial charge in [-0.1, -0.05) is 6.07 Å². The zero-order chi connectivity index (χ0) is 20.2. The van der Waals surface area contributed by atoms with E-state index in [1.54, 1.807) is 36.4 Å². The highest BCUT2D eigenvalue weighted by Crippen LogP contribution is 2.18. The molecule has 3 aromatic carbocycles. The molecule has 7 nitrogen and oxygen atoms in total. The number of benzene rings is 3. The summed E-state index contributed by atoms with van der Waals surface area (Å²) in [5.41, 5.74) is 1.71. The van der Waals surface area contributed by atoms with Gasteiger partial charge in [0.05, 0.1) is 11.3 Å². The first kappa shape index (κ1) is 18.2. The quantitative estimate of drug-likeness (QED) is 0.296. The van der Waals surface area contributed by atoms with Crippen LogP contribution in [-0.4, -0.2) is 32.0 Å². The van der Waals surface area contributed by atoms with Crippen LogP contribution in [0.3, 0.4) is 0 Å². The van der Waals surface area contributed by atoms with Gasteiger partial charge in [-0.15, -0.1) is 5.10 Å². The van der Waals surface area contributed by atoms with Crippen LogP contribution in [0.5, 0.6) is 5.75 Å². The van der Waals surface area contributed by atoms with Crippen molar-refractivity contribution < 1.29 is 18.7 Å². The molecular weight excluding hydrogens is 375 g/mol. The SMILES string of the molecule is O=C(Oc1ccc(C(=O)c2ccc(F)cc2)cc1)c1cccc(-n2cnnn2)c1. The van der Waals surface area contributed by atoms with E-state index < -0.39 is 11.8 Å². The summed E-state index contributed by atoms with van der Waals surface area (Å²) in [7, 11) is 0. The number of hydrogen-bond donors (Lipinski definition) is 0. The minimum atomic E-state index is -0.558. The predicted octanol–water partition coefficient (Wildman–Crippen LogP) is 3.25. The number of aromatic nitrogens is 4. The van der Waals surface area contributed by atoms with Crippen molar-refractivity contribution in [1.82, 2.24) is 20.2 Å². The molecule has 0 aliphatic carbocycles. The molecule has 0 radical (unpaired) electrons. The van der Waals surface area contributed by atoms with Gasteiger partial charge in [0.2, 0.25) is 0 Å². The number of rotatable bonds is 5. The maximum absolute atomic E-state index is 13.0. The zero-order valence-corrected chi connectivity index (χ0v) is 14.9. The summed E-state index contributed by atoms with van der Waals surface area (Å²) in [5.74, 6) is -0.930. The van der Waals surface area contributed by atoms with E-state index >= 15 is 0 Å². The Bertz CT molecular complexity index is 1160. The van der Waals surface area contributed by atoms with Gasteiger partial charge in [-0.05, 0) is 77.2 Å². The lowest BCUT2D eigenvalue weighted by atomic mass is 10.0. The van der Waals surface area contributed by atoms with E-state index in [2.05, 4.69) is 15.5 Å². The van der Waals surface area contributed by atoms with Crippen LogP contribution < -0.4 is 4.74 Å². The number of nitrogens with zero attached hydrogens (tertiary/aromatic N) is 4. The largest absolute Gasteiger partial charge is 0.423 e. The van der Waals surface area contributed by atoms with Crippen molar-refractivity contribution in [3.05, 3.63) is 102 Å². The predicted molar refractivity (Wildman–Crippen MR) is 100 cm³/mol. The lowest BCUT2D eigenvalue weighted by molar-refractivity contribution is 0.0734. The zero-order valence-electron chi connectivity index (χ0n) is 14.9. The van der Waals surface area contributed by atoms with Crippen LogP contribution in [0.2, 0.25) is 0 Å². The van der Waals surface area contributed by atoms with E-state index in [1.165, 1.54) is 47.4 Å². The standard InChI is InChI=1S/C21H13FN4O3/c22-17-8-4-14(5-9-17)20(27)15-6-10-19(11-7-15)29-21(28)16-2-1-3-18(12-16)26-13-23-24-25-26/h1-13H. The van der Waals surface area contributed by atoms with E-state index in [-0.39, 0.29) is 5.78 Å². The van der Waals surface area contributed by atoms with Crippen molar-refractivity contribution in [3.8, 4) is 11.4 Å². The lowest BCUT2D eigenvalue weighted by Crippen LogP contribution is -2.09. The fourth-order valence-corrected chi connectivity index (χ4v) is 2.66. The molecule has 0 bridgehead atoms. The Morgan fingerprint density at radius 3 is 2.21 bits per heavy atom. The van der Waals surface area contributed by atoms with Crippen LogP contribution in [0.1, 0.15) is 26.3 Å². The van der Waals surface area contributed by atoms with Gasteiger partial charge in [0.15, 0.2) is 5.78 Å². The maximum atomic E-state index is 13.0. The second-order valence-electron chi connectivity index (χ2n) is 6.05. The molecule has 0 unspecified atom stereocenters. The highest BCUT2D eigenvalue weighted by atomic mass is 19.1. The molecule has 142 valence electrons. The van der Waals surface area contributed by atoms with Crippen LogP contribution in [0.4, 0.5) is 4.39 Å². The minimum Gasteiger partial charge on any atom is -0.423 e. The Morgan fingerprint density at radius 1 is 0.862 bits per heavy atom. The fourth-order valence-electron chi connectivity index (χ4n) is 2.66.